The average molecular weight is 893 g/mol. The van der Waals surface area contributed by atoms with E-state index in [0.717, 1.165) is 79.8 Å². The van der Waals surface area contributed by atoms with Crippen LogP contribution in [-0.2, 0) is 25.9 Å². The molecule has 0 saturated carbocycles. The molecule has 11 nitrogen and oxygen atoms in total. The maximum Gasteiger partial charge on any atom is 0.261 e. The molecule has 4 aromatic carbocycles. The first-order valence-electron chi connectivity index (χ1n) is 19.8. The molecule has 0 atom stereocenters. The summed E-state index contributed by atoms with van der Waals surface area (Å²) >= 11 is 6.21. The van der Waals surface area contributed by atoms with Crippen LogP contribution in [0.15, 0.2) is 96.2 Å². The monoisotopic (exact) mass is 892 g/mol. The molecular weight excluding hydrogens is 848 g/mol. The van der Waals surface area contributed by atoms with Crippen molar-refractivity contribution < 1.29 is 40.2 Å². The van der Waals surface area contributed by atoms with Gasteiger partial charge in [0.05, 0.1) is 34.4 Å². The largest absolute Gasteiger partial charge is 0.383 e. The number of methoxy groups -OCH3 is 1. The van der Waals surface area contributed by atoms with Crippen molar-refractivity contribution in [3.63, 3.8) is 0 Å². The summed E-state index contributed by atoms with van der Waals surface area (Å²) in [5.41, 5.74) is 3.79. The van der Waals surface area contributed by atoms with E-state index in [1.807, 2.05) is 25.1 Å². The number of Topliss-reactive ketones (excluding diaryl/α,β-unsaturated/α-hetero) is 1. The van der Waals surface area contributed by atoms with E-state index in [4.69, 9.17) is 26.1 Å². The van der Waals surface area contributed by atoms with Crippen LogP contribution < -0.4 is 9.62 Å². The van der Waals surface area contributed by atoms with Gasteiger partial charge in [-0.2, -0.15) is 0 Å². The average Bonchev–Trinajstić information content (AvgIpc) is 3.26. The molecule has 0 radical (unpaired) electrons. The highest BCUT2D eigenvalue weighted by Crippen LogP contribution is 2.31. The number of anilines is 2. The molecule has 6 aromatic rings. The minimum absolute atomic E-state index is 0.00746. The van der Waals surface area contributed by atoms with Crippen molar-refractivity contribution in [1.29, 1.82) is 0 Å². The molecule has 1 fully saturated rings. The minimum atomic E-state index is -3.99. The fourth-order valence-corrected chi connectivity index (χ4v) is 7.91. The number of nitrogens with zero attached hydrogens (tertiary/aromatic N) is 5. The molecule has 1 aliphatic heterocycles. The molecule has 0 unspecified atom stereocenters. The number of rotatable bonds is 15. The van der Waals surface area contributed by atoms with Gasteiger partial charge in [0, 0.05) is 75.7 Å². The number of benzene rings is 4. The molecule has 7 rings (SSSR count). The van der Waals surface area contributed by atoms with Gasteiger partial charge in [-0.05, 0) is 90.7 Å². The lowest BCUT2D eigenvalue weighted by molar-refractivity contribution is 0.0760. The third-order valence-electron chi connectivity index (χ3n) is 10.0. The van der Waals surface area contributed by atoms with Crippen molar-refractivity contribution in [2.45, 2.75) is 31.6 Å². The second-order valence-corrected chi connectivity index (χ2v) is 16.6. The summed E-state index contributed by atoms with van der Waals surface area (Å²) in [5, 5.41) is -0.00746. The van der Waals surface area contributed by atoms with Crippen molar-refractivity contribution in [3.05, 3.63) is 142 Å². The van der Waals surface area contributed by atoms with Crippen molar-refractivity contribution >= 4 is 49.9 Å². The van der Waals surface area contributed by atoms with E-state index >= 15 is 0 Å². The fourth-order valence-electron chi connectivity index (χ4n) is 6.65. The van der Waals surface area contributed by atoms with Crippen molar-refractivity contribution in [2.75, 3.05) is 69.3 Å². The summed E-state index contributed by atoms with van der Waals surface area (Å²) in [6.07, 6.45) is 3.89. The lowest BCUT2D eigenvalue weighted by Gasteiger charge is -2.35. The van der Waals surface area contributed by atoms with Gasteiger partial charge in [0.1, 0.15) is 24.1 Å². The zero-order valence-electron chi connectivity index (χ0n) is 34.3. The second-order valence-electron chi connectivity index (χ2n) is 14.5. The first-order chi connectivity index (χ1) is 29.8. The van der Waals surface area contributed by atoms with Gasteiger partial charge in [0.25, 0.3) is 10.0 Å². The molecule has 1 aliphatic rings. The van der Waals surface area contributed by atoms with Gasteiger partial charge < -0.3 is 14.4 Å². The summed E-state index contributed by atoms with van der Waals surface area (Å²) in [6, 6.07) is 18.4. The van der Waals surface area contributed by atoms with Gasteiger partial charge in [-0.25, -0.2) is 35.9 Å². The maximum absolute atomic E-state index is 14.2. The number of nitrogens with one attached hydrogen (secondary N) is 1. The Morgan fingerprint density at radius 1 is 0.839 bits per heavy atom. The molecule has 3 heterocycles. The van der Waals surface area contributed by atoms with E-state index in [2.05, 4.69) is 24.5 Å². The lowest BCUT2D eigenvalue weighted by Crippen LogP contribution is -2.47. The third kappa shape index (κ3) is 11.7. The van der Waals surface area contributed by atoms with E-state index < -0.39 is 39.1 Å². The Morgan fingerprint density at radius 2 is 1.60 bits per heavy atom. The Morgan fingerprint density at radius 3 is 2.31 bits per heavy atom. The van der Waals surface area contributed by atoms with Gasteiger partial charge in [-0.3, -0.25) is 19.4 Å². The molecule has 1 N–H and O–H groups in total. The van der Waals surface area contributed by atoms with Crippen LogP contribution in [0.4, 0.5) is 29.1 Å². The standard InChI is InChI=1S/C26H26ClFN6O3S.C19H19F3O2/c1-37-13-12-33-8-10-34(11-9-33)25-17-29-22-7-2-18(14-23(22)31-25)19-15-24(26(27)30-16-19)32-38(35,36)21-5-3-20(28)4-6-21;1-3-8-24-11-18(23)14-6-7-16(20)19(22)15(14)10-13-5-4-12(2)9-17(13)21/h2-7,14-17,32H,8-13H2,1H3;4-7,9H,3,8,10-11H2,1-2H3. The van der Waals surface area contributed by atoms with Crippen LogP contribution in [0.2, 0.25) is 5.15 Å². The Kier molecular flexibility index (Phi) is 15.6. The number of ketones is 1. The maximum atomic E-state index is 14.2. The van der Waals surface area contributed by atoms with Gasteiger partial charge >= 0.3 is 0 Å². The Hall–Kier alpha value is -5.52. The zero-order valence-corrected chi connectivity index (χ0v) is 35.9. The quantitative estimate of drug-likeness (QED) is 0.0463. The molecular formula is C45H45ClF4N6O5S. The summed E-state index contributed by atoms with van der Waals surface area (Å²) in [6.45, 7) is 8.99. The van der Waals surface area contributed by atoms with Crippen LogP contribution in [0.25, 0.3) is 22.2 Å². The number of halogens is 5. The third-order valence-corrected chi connectivity index (χ3v) is 11.7. The van der Waals surface area contributed by atoms with Gasteiger partial charge in [0.15, 0.2) is 22.6 Å². The second kappa shape index (κ2) is 21.0. The van der Waals surface area contributed by atoms with E-state index in [0.29, 0.717) is 24.3 Å². The SMILES string of the molecule is CCCOCC(=O)c1ccc(F)c(F)c1Cc1ccc(C)cc1F.COCCN1CCN(c2cnc3ccc(-c4cnc(Cl)c(NS(=O)(=O)c5ccc(F)cc5)c4)cc3n2)CC1. The number of aromatic nitrogens is 3. The van der Waals surface area contributed by atoms with Crippen molar-refractivity contribution in [1.82, 2.24) is 19.9 Å². The van der Waals surface area contributed by atoms with Crippen LogP contribution in [-0.4, -0.2) is 93.7 Å². The van der Waals surface area contributed by atoms with Gasteiger partial charge in [-0.1, -0.05) is 36.7 Å². The van der Waals surface area contributed by atoms with E-state index in [1.54, 1.807) is 38.6 Å². The topological polar surface area (TPSA) is 127 Å². The highest BCUT2D eigenvalue weighted by molar-refractivity contribution is 7.92. The van der Waals surface area contributed by atoms with E-state index in [-0.39, 0.29) is 45.5 Å². The predicted octanol–water partition coefficient (Wildman–Crippen LogP) is 8.67. The Labute approximate surface area is 362 Å². The number of carbonyl (C=O) groups excluding carboxylic acids is 1. The van der Waals surface area contributed by atoms with Crippen molar-refractivity contribution in [3.8, 4) is 11.1 Å². The van der Waals surface area contributed by atoms with Gasteiger partial charge in [-0.15, -0.1) is 0 Å². The summed E-state index contributed by atoms with van der Waals surface area (Å²) < 4.78 is 93.5. The molecule has 1 saturated heterocycles. The van der Waals surface area contributed by atoms with E-state index in [1.165, 1.54) is 30.3 Å². The number of piperazine rings is 1. The molecule has 0 bridgehead atoms. The molecule has 0 amide bonds. The molecule has 326 valence electrons. The number of hydrogen-bond acceptors (Lipinski definition) is 10. The molecule has 17 heteroatoms. The number of ether oxygens (including phenoxy) is 2. The van der Waals surface area contributed by atoms with Crippen LogP contribution in [0.1, 0.15) is 40.4 Å². The van der Waals surface area contributed by atoms with Crippen molar-refractivity contribution in [2.24, 2.45) is 0 Å². The first-order valence-corrected chi connectivity index (χ1v) is 21.6. The minimum Gasteiger partial charge on any atom is -0.383 e. The summed E-state index contributed by atoms with van der Waals surface area (Å²) in [5.74, 6) is -2.88. The van der Waals surface area contributed by atoms with Crippen LogP contribution in [0, 0.1) is 30.2 Å². The first kappa shape index (κ1) is 46.0. The predicted molar refractivity (Wildman–Crippen MR) is 231 cm³/mol. The Bertz CT molecular complexity index is 2630. The molecule has 0 spiro atoms. The molecule has 2 aromatic heterocycles. The smallest absolute Gasteiger partial charge is 0.261 e. The van der Waals surface area contributed by atoms with Crippen LogP contribution >= 0.6 is 11.6 Å². The normalized spacial score (nSPS) is 13.2. The van der Waals surface area contributed by atoms with Crippen LogP contribution in [0.3, 0.4) is 0 Å². The number of carbonyl (C=O) groups is 1. The zero-order chi connectivity index (χ0) is 44.4. The number of aryl methyl sites for hydroxylation is 1. The van der Waals surface area contributed by atoms with Crippen LogP contribution in [0.5, 0.6) is 0 Å². The number of pyridine rings is 1. The number of fused-ring (bicyclic) bond motifs is 1. The number of hydrogen-bond donors (Lipinski definition) is 1. The summed E-state index contributed by atoms with van der Waals surface area (Å²) in [7, 11) is -2.28. The lowest BCUT2D eigenvalue weighted by atomic mass is 9.95. The number of sulfonamides is 1. The summed E-state index contributed by atoms with van der Waals surface area (Å²) in [4.78, 5) is 30.3. The fraction of sp³-hybridized carbons (Fsp3) is 0.289. The molecule has 0 aliphatic carbocycles. The van der Waals surface area contributed by atoms with E-state index in [9.17, 15) is 30.8 Å². The molecule has 62 heavy (non-hydrogen) atoms. The Balaban J connectivity index is 0.000000230. The van der Waals surface area contributed by atoms with Gasteiger partial charge in [0.2, 0.25) is 0 Å². The highest BCUT2D eigenvalue weighted by atomic mass is 35.5. The highest BCUT2D eigenvalue weighted by Gasteiger charge is 2.22.